The highest BCUT2D eigenvalue weighted by atomic mass is 16.3. The van der Waals surface area contributed by atoms with Crippen molar-refractivity contribution in [2.45, 2.75) is 39.2 Å². The van der Waals surface area contributed by atoms with Gasteiger partial charge < -0.3 is 10.4 Å². The third kappa shape index (κ3) is 4.22. The predicted octanol–water partition coefficient (Wildman–Crippen LogP) is 4.86. The fourth-order valence-corrected chi connectivity index (χ4v) is 2.43. The van der Waals surface area contributed by atoms with Crippen LogP contribution in [0.4, 0.5) is 5.69 Å². The Hall–Kier alpha value is -2.06. The van der Waals surface area contributed by atoms with Crippen LogP contribution < -0.4 is 5.32 Å². The second kappa shape index (κ2) is 7.81. The van der Waals surface area contributed by atoms with Crippen LogP contribution in [0.25, 0.3) is 0 Å². The number of anilines is 1. The van der Waals surface area contributed by atoms with Gasteiger partial charge in [-0.05, 0) is 41.7 Å². The van der Waals surface area contributed by atoms with E-state index in [1.807, 2.05) is 24.3 Å². The number of aliphatic hydroxyl groups excluding tert-OH is 1. The SMILES string of the molecule is C=C(Nc1ccc(CC)cc1)C(O)c1ccc(CCC)cc1. The zero-order chi connectivity index (χ0) is 15.9. The Bertz CT molecular complexity index is 599. The molecule has 0 heterocycles. The van der Waals surface area contributed by atoms with E-state index in [-0.39, 0.29) is 0 Å². The molecule has 2 heteroatoms. The topological polar surface area (TPSA) is 32.3 Å². The van der Waals surface area contributed by atoms with Crippen molar-refractivity contribution in [3.63, 3.8) is 0 Å². The van der Waals surface area contributed by atoms with Crippen LogP contribution in [0.3, 0.4) is 0 Å². The Morgan fingerprint density at radius 3 is 2.14 bits per heavy atom. The molecule has 2 N–H and O–H groups in total. The van der Waals surface area contributed by atoms with Gasteiger partial charge in [0.1, 0.15) is 6.10 Å². The molecular weight excluding hydrogens is 270 g/mol. The van der Waals surface area contributed by atoms with Crippen molar-refractivity contribution < 1.29 is 5.11 Å². The first-order chi connectivity index (χ1) is 10.6. The zero-order valence-electron chi connectivity index (χ0n) is 13.5. The van der Waals surface area contributed by atoms with Gasteiger partial charge >= 0.3 is 0 Å². The molecule has 0 bridgehead atoms. The van der Waals surface area contributed by atoms with Crippen LogP contribution in [0.1, 0.15) is 43.1 Å². The van der Waals surface area contributed by atoms with Crippen molar-refractivity contribution in [2.75, 3.05) is 5.32 Å². The summed E-state index contributed by atoms with van der Waals surface area (Å²) < 4.78 is 0. The second-order valence-corrected chi connectivity index (χ2v) is 5.59. The van der Waals surface area contributed by atoms with Gasteiger partial charge in [0.05, 0.1) is 0 Å². The lowest BCUT2D eigenvalue weighted by molar-refractivity contribution is 0.217. The Balaban J connectivity index is 2.01. The number of hydrogen-bond acceptors (Lipinski definition) is 2. The average Bonchev–Trinajstić information content (AvgIpc) is 2.56. The van der Waals surface area contributed by atoms with Crippen LogP contribution in [0.5, 0.6) is 0 Å². The van der Waals surface area contributed by atoms with Crippen LogP contribution in [0.15, 0.2) is 60.8 Å². The smallest absolute Gasteiger partial charge is 0.118 e. The molecule has 0 saturated carbocycles. The quantitative estimate of drug-likeness (QED) is 0.764. The van der Waals surface area contributed by atoms with Gasteiger partial charge in [-0.25, -0.2) is 0 Å². The van der Waals surface area contributed by atoms with E-state index in [2.05, 4.69) is 50.0 Å². The minimum absolute atomic E-state index is 0.590. The van der Waals surface area contributed by atoms with Crippen LogP contribution >= 0.6 is 0 Å². The minimum Gasteiger partial charge on any atom is -0.382 e. The van der Waals surface area contributed by atoms with Gasteiger partial charge in [-0.3, -0.25) is 0 Å². The molecule has 2 aromatic rings. The number of aliphatic hydroxyl groups is 1. The normalized spacial score (nSPS) is 12.0. The van der Waals surface area contributed by atoms with Crippen molar-refractivity contribution >= 4 is 5.69 Å². The van der Waals surface area contributed by atoms with Crippen LogP contribution in [-0.4, -0.2) is 5.11 Å². The molecule has 2 rings (SSSR count). The molecule has 0 aromatic heterocycles. The predicted molar refractivity (Wildman–Crippen MR) is 94.0 cm³/mol. The zero-order valence-corrected chi connectivity index (χ0v) is 13.5. The molecule has 22 heavy (non-hydrogen) atoms. The summed E-state index contributed by atoms with van der Waals surface area (Å²) in [5.74, 6) is 0. The molecule has 0 radical (unpaired) electrons. The van der Waals surface area contributed by atoms with E-state index in [1.54, 1.807) is 0 Å². The fourth-order valence-electron chi connectivity index (χ4n) is 2.43. The molecule has 0 aliphatic carbocycles. The van der Waals surface area contributed by atoms with Gasteiger partial charge in [-0.1, -0.05) is 63.2 Å². The number of benzene rings is 2. The minimum atomic E-state index is -0.707. The molecule has 1 unspecified atom stereocenters. The molecule has 2 nitrogen and oxygen atoms in total. The van der Waals surface area contributed by atoms with Crippen molar-refractivity contribution in [1.82, 2.24) is 0 Å². The van der Waals surface area contributed by atoms with Gasteiger partial charge in [0.2, 0.25) is 0 Å². The van der Waals surface area contributed by atoms with Crippen LogP contribution in [0, 0.1) is 0 Å². The summed E-state index contributed by atoms with van der Waals surface area (Å²) in [6, 6.07) is 16.3. The molecule has 0 spiro atoms. The molecule has 0 amide bonds. The Labute approximate surface area is 133 Å². The fraction of sp³-hybridized carbons (Fsp3) is 0.300. The summed E-state index contributed by atoms with van der Waals surface area (Å²) >= 11 is 0. The number of hydrogen-bond donors (Lipinski definition) is 2. The third-order valence-electron chi connectivity index (χ3n) is 3.83. The Morgan fingerprint density at radius 1 is 1.00 bits per heavy atom. The summed E-state index contributed by atoms with van der Waals surface area (Å²) in [7, 11) is 0. The third-order valence-corrected chi connectivity index (χ3v) is 3.83. The van der Waals surface area contributed by atoms with E-state index in [9.17, 15) is 5.11 Å². The van der Waals surface area contributed by atoms with E-state index in [1.165, 1.54) is 11.1 Å². The van der Waals surface area contributed by atoms with E-state index in [0.29, 0.717) is 5.70 Å². The molecule has 0 saturated heterocycles. The molecule has 0 aliphatic rings. The summed E-state index contributed by atoms with van der Waals surface area (Å²) in [5, 5.41) is 13.6. The monoisotopic (exact) mass is 295 g/mol. The lowest BCUT2D eigenvalue weighted by atomic mass is 10.0. The van der Waals surface area contributed by atoms with Gasteiger partial charge in [-0.15, -0.1) is 0 Å². The Kier molecular flexibility index (Phi) is 5.79. The standard InChI is InChI=1S/C20H25NO/c1-4-6-17-7-11-18(12-8-17)20(22)15(3)21-19-13-9-16(5-2)10-14-19/h7-14,20-22H,3-6H2,1-2H3. The molecular formula is C20H25NO. The summed E-state index contributed by atoms with van der Waals surface area (Å²) in [5.41, 5.74) is 4.99. The summed E-state index contributed by atoms with van der Waals surface area (Å²) in [4.78, 5) is 0. The summed E-state index contributed by atoms with van der Waals surface area (Å²) in [6.45, 7) is 8.26. The first-order valence-corrected chi connectivity index (χ1v) is 7.95. The van der Waals surface area contributed by atoms with E-state index in [0.717, 1.165) is 30.5 Å². The average molecular weight is 295 g/mol. The second-order valence-electron chi connectivity index (χ2n) is 5.59. The molecule has 0 aliphatic heterocycles. The molecule has 116 valence electrons. The molecule has 1 atom stereocenters. The van der Waals surface area contributed by atoms with Crippen LogP contribution in [-0.2, 0) is 12.8 Å². The number of aryl methyl sites for hydroxylation is 2. The van der Waals surface area contributed by atoms with Gasteiger partial charge in [0, 0.05) is 11.4 Å². The van der Waals surface area contributed by atoms with Gasteiger partial charge in [-0.2, -0.15) is 0 Å². The van der Waals surface area contributed by atoms with Crippen LogP contribution in [0.2, 0.25) is 0 Å². The number of nitrogens with one attached hydrogen (secondary N) is 1. The lowest BCUT2D eigenvalue weighted by Gasteiger charge is -2.17. The first kappa shape index (κ1) is 16.3. The number of rotatable bonds is 7. The van der Waals surface area contributed by atoms with Crippen molar-refractivity contribution in [3.8, 4) is 0 Å². The maximum absolute atomic E-state index is 10.4. The molecule has 2 aromatic carbocycles. The lowest BCUT2D eigenvalue weighted by Crippen LogP contribution is -2.09. The Morgan fingerprint density at radius 2 is 1.59 bits per heavy atom. The van der Waals surface area contributed by atoms with E-state index < -0.39 is 6.10 Å². The maximum Gasteiger partial charge on any atom is 0.118 e. The molecule has 0 fully saturated rings. The van der Waals surface area contributed by atoms with Crippen molar-refractivity contribution in [3.05, 3.63) is 77.5 Å². The summed E-state index contributed by atoms with van der Waals surface area (Å²) in [6.07, 6.45) is 2.51. The highest BCUT2D eigenvalue weighted by molar-refractivity contribution is 5.50. The van der Waals surface area contributed by atoms with Crippen molar-refractivity contribution in [1.29, 1.82) is 0 Å². The van der Waals surface area contributed by atoms with Crippen molar-refractivity contribution in [2.24, 2.45) is 0 Å². The van der Waals surface area contributed by atoms with Gasteiger partial charge in [0.15, 0.2) is 0 Å². The maximum atomic E-state index is 10.4. The van der Waals surface area contributed by atoms with Gasteiger partial charge in [0.25, 0.3) is 0 Å². The van der Waals surface area contributed by atoms with E-state index >= 15 is 0 Å². The highest BCUT2D eigenvalue weighted by Gasteiger charge is 2.11. The first-order valence-electron chi connectivity index (χ1n) is 7.95. The van der Waals surface area contributed by atoms with E-state index in [4.69, 9.17) is 0 Å². The largest absolute Gasteiger partial charge is 0.382 e. The highest BCUT2D eigenvalue weighted by Crippen LogP contribution is 2.23.